The van der Waals surface area contributed by atoms with Crippen LogP contribution in [0.1, 0.15) is 6.92 Å². The first-order chi connectivity index (χ1) is 9.70. The summed E-state index contributed by atoms with van der Waals surface area (Å²) >= 11 is 0. The lowest BCUT2D eigenvalue weighted by molar-refractivity contribution is -0.120. The maximum atomic E-state index is 11.0. The third-order valence-corrected chi connectivity index (χ3v) is 3.61. The first-order valence-corrected chi connectivity index (χ1v) is 6.58. The summed E-state index contributed by atoms with van der Waals surface area (Å²) in [4.78, 5) is 27.1. The number of hydrogen-bond donors (Lipinski definition) is 0. The number of hydrogen-bond acceptors (Lipinski definition) is 5. The fourth-order valence-corrected chi connectivity index (χ4v) is 2.39. The molecule has 2 aromatic heterocycles. The number of aryl methyl sites for hydroxylation is 1. The Morgan fingerprint density at radius 3 is 3.05 bits per heavy atom. The van der Waals surface area contributed by atoms with Crippen LogP contribution in [-0.2, 0) is 16.7 Å². The first kappa shape index (κ1) is 12.9. The van der Waals surface area contributed by atoms with E-state index in [0.717, 1.165) is 23.3 Å². The molecule has 20 heavy (non-hydrogen) atoms. The Morgan fingerprint density at radius 2 is 2.25 bits per heavy atom. The fourth-order valence-electron chi connectivity index (χ4n) is 2.39. The summed E-state index contributed by atoms with van der Waals surface area (Å²) in [5, 5.41) is 1.75. The highest BCUT2D eigenvalue weighted by molar-refractivity contribution is 5.86. The summed E-state index contributed by atoms with van der Waals surface area (Å²) in [6.07, 6.45) is 4.35. The van der Waals surface area contributed by atoms with Gasteiger partial charge in [0.2, 0.25) is 6.41 Å². The van der Waals surface area contributed by atoms with Gasteiger partial charge in [-0.1, -0.05) is 0 Å². The maximum Gasteiger partial charge on any atom is 0.210 e. The minimum absolute atomic E-state index is 0.0586. The van der Waals surface area contributed by atoms with E-state index in [1.165, 1.54) is 6.33 Å². The highest BCUT2D eigenvalue weighted by Gasteiger charge is 2.23. The second kappa shape index (κ2) is 5.09. The summed E-state index contributed by atoms with van der Waals surface area (Å²) in [7, 11) is 1.95. The van der Waals surface area contributed by atoms with E-state index in [4.69, 9.17) is 4.84 Å². The molecule has 7 nitrogen and oxygen atoms in total. The van der Waals surface area contributed by atoms with Crippen LogP contribution in [-0.4, -0.2) is 51.6 Å². The molecule has 106 valence electrons. The summed E-state index contributed by atoms with van der Waals surface area (Å²) in [6.45, 7) is 3.62. The Labute approximate surface area is 116 Å². The van der Waals surface area contributed by atoms with Crippen molar-refractivity contribution in [3.05, 3.63) is 18.6 Å². The van der Waals surface area contributed by atoms with Crippen LogP contribution < -0.4 is 5.06 Å². The molecule has 0 unspecified atom stereocenters. The molecule has 0 saturated carbocycles. The molecule has 3 rings (SSSR count). The van der Waals surface area contributed by atoms with Gasteiger partial charge in [-0.3, -0.25) is 9.63 Å². The van der Waals surface area contributed by atoms with Crippen LogP contribution >= 0.6 is 0 Å². The molecule has 0 N–H and O–H groups in total. The molecule has 0 bridgehead atoms. The molecule has 1 saturated heterocycles. The minimum atomic E-state index is 0.0586. The van der Waals surface area contributed by atoms with E-state index in [1.807, 2.05) is 30.8 Å². The van der Waals surface area contributed by atoms with Crippen LogP contribution in [0.5, 0.6) is 0 Å². The van der Waals surface area contributed by atoms with Gasteiger partial charge in [0.15, 0.2) is 5.82 Å². The summed E-state index contributed by atoms with van der Waals surface area (Å²) in [6, 6.07) is 2.00. The summed E-state index contributed by atoms with van der Waals surface area (Å²) in [5.41, 5.74) is 1.81. The molecule has 0 spiro atoms. The van der Waals surface area contributed by atoms with Crippen LogP contribution in [0, 0.1) is 0 Å². The Hall–Kier alpha value is -2.15. The van der Waals surface area contributed by atoms with Gasteiger partial charge < -0.3 is 9.47 Å². The van der Waals surface area contributed by atoms with Crippen molar-refractivity contribution < 1.29 is 9.63 Å². The van der Waals surface area contributed by atoms with Crippen molar-refractivity contribution in [3.63, 3.8) is 0 Å². The monoisotopic (exact) mass is 275 g/mol. The highest BCUT2D eigenvalue weighted by atomic mass is 16.7. The highest BCUT2D eigenvalue weighted by Crippen LogP contribution is 2.24. The quantitative estimate of drug-likeness (QED) is 0.750. The third-order valence-electron chi connectivity index (χ3n) is 3.61. The van der Waals surface area contributed by atoms with Gasteiger partial charge in [-0.15, -0.1) is 0 Å². The van der Waals surface area contributed by atoms with Gasteiger partial charge in [0.1, 0.15) is 11.8 Å². The van der Waals surface area contributed by atoms with E-state index >= 15 is 0 Å². The van der Waals surface area contributed by atoms with Gasteiger partial charge in [-0.25, -0.2) is 15.0 Å². The van der Waals surface area contributed by atoms with Crippen molar-refractivity contribution in [2.45, 2.75) is 13.0 Å². The van der Waals surface area contributed by atoms with Gasteiger partial charge in [-0.05, 0) is 13.0 Å². The lowest BCUT2D eigenvalue weighted by atomic mass is 10.3. The molecule has 1 fully saturated rings. The molecule has 1 aliphatic heterocycles. The number of carbonyl (C=O) groups excluding carboxylic acids is 1. The molecule has 1 atom stereocenters. The molecule has 3 heterocycles. The second-order valence-electron chi connectivity index (χ2n) is 4.95. The Kier molecular flexibility index (Phi) is 3.27. The van der Waals surface area contributed by atoms with Gasteiger partial charge in [0.25, 0.3) is 0 Å². The summed E-state index contributed by atoms with van der Waals surface area (Å²) in [5.74, 6) is 0.738. The fraction of sp³-hybridized carbons (Fsp3) is 0.462. The van der Waals surface area contributed by atoms with Crippen LogP contribution in [0.15, 0.2) is 18.6 Å². The van der Waals surface area contributed by atoms with Gasteiger partial charge in [-0.2, -0.15) is 0 Å². The van der Waals surface area contributed by atoms with Crippen molar-refractivity contribution in [1.29, 1.82) is 0 Å². The molecule has 0 radical (unpaired) electrons. The zero-order valence-corrected chi connectivity index (χ0v) is 11.6. The van der Waals surface area contributed by atoms with Crippen molar-refractivity contribution >= 4 is 23.3 Å². The summed E-state index contributed by atoms with van der Waals surface area (Å²) < 4.78 is 1.97. The van der Waals surface area contributed by atoms with Gasteiger partial charge in [0, 0.05) is 19.8 Å². The minimum Gasteiger partial charge on any atom is -0.346 e. The molecular formula is C13H17N5O2. The lowest BCUT2D eigenvalue weighted by Crippen LogP contribution is -2.34. The van der Waals surface area contributed by atoms with E-state index < -0.39 is 0 Å². The van der Waals surface area contributed by atoms with Crippen LogP contribution in [0.25, 0.3) is 11.0 Å². The molecule has 1 aliphatic rings. The number of amides is 1. The molecular weight excluding hydrogens is 258 g/mol. The molecule has 2 aromatic rings. The van der Waals surface area contributed by atoms with Crippen LogP contribution in [0.4, 0.5) is 5.82 Å². The zero-order valence-electron chi connectivity index (χ0n) is 11.6. The average molecular weight is 275 g/mol. The van der Waals surface area contributed by atoms with Crippen LogP contribution in [0.2, 0.25) is 0 Å². The standard InChI is InChI=1S/C13H17N5O2/c1-10-7-20-18(6-5-17(10)9-19)13-12-11(14-8-15-13)3-4-16(12)2/h3-4,8-10H,5-7H2,1-2H3/t10-/m1/s1. The Balaban J connectivity index is 1.95. The maximum absolute atomic E-state index is 11.0. The third kappa shape index (κ3) is 2.09. The Morgan fingerprint density at radius 1 is 1.40 bits per heavy atom. The van der Waals surface area contributed by atoms with E-state index in [2.05, 4.69) is 9.97 Å². The molecule has 0 aromatic carbocycles. The van der Waals surface area contributed by atoms with Crippen LogP contribution in [0.3, 0.4) is 0 Å². The number of aromatic nitrogens is 3. The average Bonchev–Trinajstić information content (AvgIpc) is 2.74. The van der Waals surface area contributed by atoms with Crippen molar-refractivity contribution in [3.8, 4) is 0 Å². The number of fused-ring (bicyclic) bond motifs is 1. The number of rotatable bonds is 2. The smallest absolute Gasteiger partial charge is 0.210 e. The topological polar surface area (TPSA) is 63.5 Å². The number of hydroxylamine groups is 1. The van der Waals surface area contributed by atoms with E-state index in [0.29, 0.717) is 19.7 Å². The number of nitrogens with zero attached hydrogens (tertiary/aromatic N) is 5. The van der Waals surface area contributed by atoms with E-state index in [9.17, 15) is 4.79 Å². The predicted octanol–water partition coefficient (Wildman–Crippen LogP) is 0.567. The van der Waals surface area contributed by atoms with Gasteiger partial charge in [0.05, 0.1) is 24.7 Å². The largest absolute Gasteiger partial charge is 0.346 e. The Bertz CT molecular complexity index is 626. The normalized spacial score (nSPS) is 20.2. The number of carbonyl (C=O) groups is 1. The first-order valence-electron chi connectivity index (χ1n) is 6.58. The second-order valence-corrected chi connectivity index (χ2v) is 4.95. The van der Waals surface area contributed by atoms with E-state index in [1.54, 1.807) is 9.96 Å². The number of anilines is 1. The lowest BCUT2D eigenvalue weighted by Gasteiger charge is -2.20. The van der Waals surface area contributed by atoms with Crippen molar-refractivity contribution in [1.82, 2.24) is 19.4 Å². The van der Waals surface area contributed by atoms with Crippen molar-refractivity contribution in [2.24, 2.45) is 7.05 Å². The molecule has 0 aliphatic carbocycles. The van der Waals surface area contributed by atoms with E-state index in [-0.39, 0.29) is 6.04 Å². The SMILES string of the molecule is C[C@@H]1CON(c2ncnc3ccn(C)c23)CCN1C=O. The molecule has 1 amide bonds. The molecule has 7 heteroatoms. The zero-order chi connectivity index (χ0) is 14.1. The van der Waals surface area contributed by atoms with Crippen molar-refractivity contribution in [2.75, 3.05) is 24.8 Å². The van der Waals surface area contributed by atoms with Gasteiger partial charge >= 0.3 is 0 Å². The predicted molar refractivity (Wildman–Crippen MR) is 74.0 cm³/mol.